The molecule has 0 saturated heterocycles. The number of carbonyl (C=O) groups is 1. The Morgan fingerprint density at radius 2 is 1.80 bits per heavy atom. The Bertz CT molecular complexity index is 770. The summed E-state index contributed by atoms with van der Waals surface area (Å²) in [5.41, 5.74) is 2.75. The number of hydrazone groups is 1. The van der Waals surface area contributed by atoms with Crippen molar-refractivity contribution in [2.75, 3.05) is 11.9 Å². The number of amides is 1. The molecule has 0 radical (unpaired) electrons. The monoisotopic (exact) mass is 353 g/mol. The van der Waals surface area contributed by atoms with E-state index in [9.17, 15) is 22.4 Å². The molecule has 0 atom stereocenters. The zero-order chi connectivity index (χ0) is 18.4. The Morgan fingerprint density at radius 3 is 2.44 bits per heavy atom. The van der Waals surface area contributed by atoms with E-state index in [4.69, 9.17) is 0 Å². The predicted octanol–water partition coefficient (Wildman–Crippen LogP) is 3.80. The normalized spacial score (nSPS) is 12.0. The lowest BCUT2D eigenvalue weighted by Crippen LogP contribution is -2.26. The van der Waals surface area contributed by atoms with E-state index >= 15 is 0 Å². The lowest BCUT2D eigenvalue weighted by Gasteiger charge is -2.10. The van der Waals surface area contributed by atoms with Crippen molar-refractivity contribution < 1.29 is 22.4 Å². The molecule has 0 bridgehead atoms. The molecule has 1 amide bonds. The molecule has 0 aromatic heterocycles. The molecule has 8 heteroatoms. The smallest absolute Gasteiger partial charge is 0.376 e. The zero-order valence-corrected chi connectivity index (χ0v) is 13.2. The summed E-state index contributed by atoms with van der Waals surface area (Å²) >= 11 is 0. The van der Waals surface area contributed by atoms with Gasteiger partial charge in [0.05, 0.1) is 17.8 Å². The van der Waals surface area contributed by atoms with Crippen molar-refractivity contribution in [3.63, 3.8) is 0 Å². The average molecular weight is 353 g/mol. The number of alkyl halides is 3. The first-order valence-corrected chi connectivity index (χ1v) is 7.26. The van der Waals surface area contributed by atoms with E-state index in [0.29, 0.717) is 11.3 Å². The number of rotatable bonds is 5. The molecule has 25 heavy (non-hydrogen) atoms. The van der Waals surface area contributed by atoms with Crippen LogP contribution in [0.3, 0.4) is 0 Å². The Hall–Kier alpha value is -2.90. The molecule has 0 aliphatic rings. The Morgan fingerprint density at radius 1 is 1.12 bits per heavy atom. The quantitative estimate of drug-likeness (QED) is 0.488. The number of anilines is 1. The van der Waals surface area contributed by atoms with E-state index in [2.05, 4.69) is 15.8 Å². The van der Waals surface area contributed by atoms with Gasteiger partial charge in [0.15, 0.2) is 0 Å². The summed E-state index contributed by atoms with van der Waals surface area (Å²) < 4.78 is 50.7. The zero-order valence-electron chi connectivity index (χ0n) is 13.2. The van der Waals surface area contributed by atoms with Gasteiger partial charge >= 0.3 is 6.18 Å². The van der Waals surface area contributed by atoms with Crippen LogP contribution >= 0.6 is 0 Å². The SMILES string of the molecule is C/C(=N/NC(=O)CNc1cccc(C(F)(F)F)c1)c1ccc(F)cc1. The van der Waals surface area contributed by atoms with Gasteiger partial charge in [0.1, 0.15) is 5.82 Å². The van der Waals surface area contributed by atoms with Crippen LogP contribution in [0.5, 0.6) is 0 Å². The van der Waals surface area contributed by atoms with E-state index in [0.717, 1.165) is 12.1 Å². The number of nitrogens with zero attached hydrogens (tertiary/aromatic N) is 1. The molecule has 2 aromatic carbocycles. The van der Waals surface area contributed by atoms with E-state index in [-0.39, 0.29) is 18.0 Å². The van der Waals surface area contributed by atoms with Crippen LogP contribution in [-0.4, -0.2) is 18.2 Å². The molecule has 2 aromatic rings. The van der Waals surface area contributed by atoms with Gasteiger partial charge in [-0.15, -0.1) is 0 Å². The van der Waals surface area contributed by atoms with Crippen molar-refractivity contribution in [3.05, 3.63) is 65.5 Å². The minimum Gasteiger partial charge on any atom is -0.376 e. The molecule has 2 N–H and O–H groups in total. The van der Waals surface area contributed by atoms with Gasteiger partial charge in [-0.05, 0) is 42.8 Å². The van der Waals surface area contributed by atoms with Gasteiger partial charge in [0.25, 0.3) is 5.91 Å². The molecule has 0 fully saturated rings. The van der Waals surface area contributed by atoms with Crippen molar-refractivity contribution >= 4 is 17.3 Å². The first-order valence-electron chi connectivity index (χ1n) is 7.26. The van der Waals surface area contributed by atoms with Crippen LogP contribution < -0.4 is 10.7 Å². The van der Waals surface area contributed by atoms with Gasteiger partial charge in [-0.25, -0.2) is 9.82 Å². The third kappa shape index (κ3) is 5.59. The van der Waals surface area contributed by atoms with E-state index in [1.165, 1.54) is 36.4 Å². The summed E-state index contributed by atoms with van der Waals surface area (Å²) in [6, 6.07) is 10.1. The number of hydrogen-bond acceptors (Lipinski definition) is 3. The van der Waals surface area contributed by atoms with Crippen LogP contribution in [-0.2, 0) is 11.0 Å². The van der Waals surface area contributed by atoms with Crippen molar-refractivity contribution in [3.8, 4) is 0 Å². The highest BCUT2D eigenvalue weighted by atomic mass is 19.4. The van der Waals surface area contributed by atoms with Crippen molar-refractivity contribution in [2.45, 2.75) is 13.1 Å². The first-order chi connectivity index (χ1) is 11.8. The Balaban J connectivity index is 1.90. The molecular weight excluding hydrogens is 338 g/mol. The number of benzene rings is 2. The number of halogens is 4. The molecule has 0 unspecified atom stereocenters. The fourth-order valence-electron chi connectivity index (χ4n) is 1.93. The lowest BCUT2D eigenvalue weighted by atomic mass is 10.1. The molecule has 4 nitrogen and oxygen atoms in total. The number of nitrogens with one attached hydrogen (secondary N) is 2. The van der Waals surface area contributed by atoms with Gasteiger partial charge in [-0.2, -0.15) is 18.3 Å². The van der Waals surface area contributed by atoms with Crippen molar-refractivity contribution in [2.24, 2.45) is 5.10 Å². The summed E-state index contributed by atoms with van der Waals surface area (Å²) in [5.74, 6) is -0.912. The third-order valence-electron chi connectivity index (χ3n) is 3.25. The number of carbonyl (C=O) groups excluding carboxylic acids is 1. The summed E-state index contributed by atoms with van der Waals surface area (Å²) in [6.07, 6.45) is -4.45. The highest BCUT2D eigenvalue weighted by Crippen LogP contribution is 2.30. The van der Waals surface area contributed by atoms with Gasteiger partial charge in [-0.3, -0.25) is 4.79 Å². The first kappa shape index (κ1) is 18.4. The van der Waals surface area contributed by atoms with E-state index < -0.39 is 17.6 Å². The summed E-state index contributed by atoms with van der Waals surface area (Å²) in [6.45, 7) is 1.38. The van der Waals surface area contributed by atoms with Crippen LogP contribution in [0.25, 0.3) is 0 Å². The fraction of sp³-hybridized carbons (Fsp3) is 0.176. The summed E-state index contributed by atoms with van der Waals surface area (Å²) in [5, 5.41) is 6.46. The van der Waals surface area contributed by atoms with Crippen LogP contribution in [0.4, 0.5) is 23.2 Å². The van der Waals surface area contributed by atoms with E-state index in [1.807, 2.05) is 0 Å². The summed E-state index contributed by atoms with van der Waals surface area (Å²) in [4.78, 5) is 11.7. The molecular formula is C17H15F4N3O. The highest BCUT2D eigenvalue weighted by molar-refractivity contribution is 5.99. The largest absolute Gasteiger partial charge is 0.416 e. The molecule has 0 aliphatic carbocycles. The number of hydrogen-bond donors (Lipinski definition) is 2. The molecule has 0 heterocycles. The predicted molar refractivity (Wildman–Crippen MR) is 86.7 cm³/mol. The highest BCUT2D eigenvalue weighted by Gasteiger charge is 2.30. The second kappa shape index (κ2) is 7.78. The maximum atomic E-state index is 12.8. The lowest BCUT2D eigenvalue weighted by molar-refractivity contribution is -0.137. The van der Waals surface area contributed by atoms with Crippen molar-refractivity contribution in [1.82, 2.24) is 5.43 Å². The van der Waals surface area contributed by atoms with E-state index in [1.54, 1.807) is 6.92 Å². The second-order valence-electron chi connectivity index (χ2n) is 5.17. The Kier molecular flexibility index (Phi) is 5.74. The maximum absolute atomic E-state index is 12.8. The average Bonchev–Trinajstić information content (AvgIpc) is 2.58. The van der Waals surface area contributed by atoms with Crippen molar-refractivity contribution in [1.29, 1.82) is 0 Å². The molecule has 132 valence electrons. The second-order valence-corrected chi connectivity index (χ2v) is 5.17. The van der Waals surface area contributed by atoms with Gasteiger partial charge in [-0.1, -0.05) is 18.2 Å². The molecule has 2 rings (SSSR count). The van der Waals surface area contributed by atoms with Crippen LogP contribution in [0.1, 0.15) is 18.1 Å². The molecule has 0 aliphatic heterocycles. The molecule has 0 saturated carbocycles. The maximum Gasteiger partial charge on any atom is 0.416 e. The standard InChI is InChI=1S/C17H15F4N3O/c1-11(12-5-7-14(18)8-6-12)23-24-16(25)10-22-15-4-2-3-13(9-15)17(19,20)21/h2-9,22H,10H2,1H3,(H,24,25)/b23-11-. The minimum absolute atomic E-state index is 0.171. The Labute approximate surface area is 141 Å². The topological polar surface area (TPSA) is 53.5 Å². The van der Waals surface area contributed by atoms with Crippen LogP contribution in [0.2, 0.25) is 0 Å². The van der Waals surface area contributed by atoms with Gasteiger partial charge < -0.3 is 5.32 Å². The fourth-order valence-corrected chi connectivity index (χ4v) is 1.93. The minimum atomic E-state index is -4.45. The van der Waals surface area contributed by atoms with Crippen LogP contribution in [0, 0.1) is 5.82 Å². The van der Waals surface area contributed by atoms with Gasteiger partial charge in [0, 0.05) is 5.69 Å². The molecule has 0 spiro atoms. The van der Waals surface area contributed by atoms with Gasteiger partial charge in [0.2, 0.25) is 0 Å². The van der Waals surface area contributed by atoms with Crippen LogP contribution in [0.15, 0.2) is 53.6 Å². The third-order valence-corrected chi connectivity index (χ3v) is 3.25. The summed E-state index contributed by atoms with van der Waals surface area (Å²) in [7, 11) is 0.